The first-order valence-electron chi connectivity index (χ1n) is 7.81. The van der Waals surface area contributed by atoms with Gasteiger partial charge in [-0.05, 0) is 30.3 Å². The Kier molecular flexibility index (Phi) is 2.64. The number of imidazole rings is 1. The first-order valence-corrected chi connectivity index (χ1v) is 8.22. The summed E-state index contributed by atoms with van der Waals surface area (Å²) in [4.78, 5) is 7.02. The van der Waals surface area contributed by atoms with Crippen LogP contribution in [0.3, 0.4) is 0 Å². The molecule has 0 fully saturated rings. The van der Waals surface area contributed by atoms with Crippen LogP contribution < -0.4 is 0 Å². The van der Waals surface area contributed by atoms with Crippen molar-refractivity contribution < 1.29 is 0 Å². The van der Waals surface area contributed by atoms with Gasteiger partial charge in [-0.15, -0.1) is 0 Å². The molecular formula is C19H15N3S. The number of aryl methyl sites for hydroxylation is 1. The van der Waals surface area contributed by atoms with E-state index in [1.165, 1.54) is 33.4 Å². The summed E-state index contributed by atoms with van der Waals surface area (Å²) in [5, 5.41) is 1.32. The molecule has 2 aromatic carbocycles. The summed E-state index contributed by atoms with van der Waals surface area (Å²) in [6.45, 7) is 0.923. The van der Waals surface area contributed by atoms with E-state index in [-0.39, 0.29) is 0 Å². The normalized spacial score (nSPS) is 13.0. The van der Waals surface area contributed by atoms with Crippen LogP contribution in [-0.2, 0) is 13.0 Å². The fourth-order valence-electron chi connectivity index (χ4n) is 3.64. The van der Waals surface area contributed by atoms with Crippen LogP contribution in [0.5, 0.6) is 0 Å². The molecular weight excluding hydrogens is 302 g/mol. The first-order chi connectivity index (χ1) is 11.3. The second-order valence-corrected chi connectivity index (χ2v) is 6.33. The average Bonchev–Trinajstić information content (AvgIpc) is 3.14. The Morgan fingerprint density at radius 1 is 0.870 bits per heavy atom. The largest absolute Gasteiger partial charge is 0.353 e. The van der Waals surface area contributed by atoms with E-state index in [9.17, 15) is 0 Å². The van der Waals surface area contributed by atoms with Crippen LogP contribution >= 0.6 is 12.2 Å². The van der Waals surface area contributed by atoms with Crippen molar-refractivity contribution in [3.8, 4) is 22.6 Å². The lowest BCUT2D eigenvalue weighted by Crippen LogP contribution is -2.10. The lowest BCUT2D eigenvalue weighted by Gasteiger charge is -2.17. The Balaban J connectivity index is 1.86. The number of benzene rings is 2. The van der Waals surface area contributed by atoms with E-state index in [0.29, 0.717) is 0 Å². The highest BCUT2D eigenvalue weighted by molar-refractivity contribution is 7.71. The molecule has 4 aromatic rings. The van der Waals surface area contributed by atoms with Crippen molar-refractivity contribution in [2.24, 2.45) is 0 Å². The number of H-pyrrole nitrogens is 2. The molecule has 2 N–H and O–H groups in total. The van der Waals surface area contributed by atoms with E-state index >= 15 is 0 Å². The highest BCUT2D eigenvalue weighted by atomic mass is 32.1. The van der Waals surface area contributed by atoms with Crippen LogP contribution in [0.15, 0.2) is 54.6 Å². The second kappa shape index (κ2) is 4.70. The molecule has 3 heterocycles. The highest BCUT2D eigenvalue weighted by Gasteiger charge is 2.25. The minimum absolute atomic E-state index is 0.795. The van der Waals surface area contributed by atoms with Gasteiger partial charge in [0.25, 0.3) is 0 Å². The molecule has 23 heavy (non-hydrogen) atoms. The topological polar surface area (TPSA) is 36.5 Å². The number of hydrogen-bond acceptors (Lipinski definition) is 1. The molecule has 0 amide bonds. The zero-order valence-electron chi connectivity index (χ0n) is 12.5. The van der Waals surface area contributed by atoms with Crippen molar-refractivity contribution in [2.45, 2.75) is 13.0 Å². The number of nitrogens with zero attached hydrogens (tertiary/aromatic N) is 1. The van der Waals surface area contributed by atoms with Gasteiger partial charge in [-0.25, -0.2) is 0 Å². The van der Waals surface area contributed by atoms with Crippen LogP contribution in [-0.4, -0.2) is 14.5 Å². The summed E-state index contributed by atoms with van der Waals surface area (Å²) in [6.07, 6.45) is 1.01. The average molecular weight is 317 g/mol. The van der Waals surface area contributed by atoms with Crippen molar-refractivity contribution in [3.05, 3.63) is 64.9 Å². The van der Waals surface area contributed by atoms with Gasteiger partial charge in [-0.1, -0.05) is 48.5 Å². The predicted octanol–water partition coefficient (Wildman–Crippen LogP) is 4.92. The molecule has 1 aliphatic heterocycles. The summed E-state index contributed by atoms with van der Waals surface area (Å²) >= 11 is 5.56. The van der Waals surface area contributed by atoms with E-state index in [2.05, 4.69) is 63.1 Å². The number of aromatic amines is 2. The third kappa shape index (κ3) is 1.79. The molecule has 2 aromatic heterocycles. The molecule has 4 heteroatoms. The number of fused-ring (bicyclic) bond motifs is 5. The van der Waals surface area contributed by atoms with Crippen LogP contribution in [0.1, 0.15) is 5.56 Å². The monoisotopic (exact) mass is 317 g/mol. The van der Waals surface area contributed by atoms with Gasteiger partial charge in [-0.3, -0.25) is 0 Å². The Bertz CT molecular complexity index is 1080. The summed E-state index contributed by atoms with van der Waals surface area (Å²) in [6, 6.07) is 18.9. The number of para-hydroxylation sites is 1. The maximum Gasteiger partial charge on any atom is 0.178 e. The van der Waals surface area contributed by atoms with Gasteiger partial charge in [0.2, 0.25) is 0 Å². The molecule has 112 valence electrons. The molecule has 0 saturated heterocycles. The maximum atomic E-state index is 5.56. The van der Waals surface area contributed by atoms with E-state index < -0.39 is 0 Å². The van der Waals surface area contributed by atoms with Crippen LogP contribution in [0, 0.1) is 4.77 Å². The SMILES string of the molecule is S=c1[nH]c(-c2ccccc2)c2n1CCc1c-2[nH]c2ccccc12. The molecule has 0 aliphatic carbocycles. The van der Waals surface area contributed by atoms with Gasteiger partial charge in [0.15, 0.2) is 4.77 Å². The van der Waals surface area contributed by atoms with E-state index in [1.54, 1.807) is 0 Å². The zero-order valence-corrected chi connectivity index (χ0v) is 13.3. The van der Waals surface area contributed by atoms with E-state index in [4.69, 9.17) is 12.2 Å². The predicted molar refractivity (Wildman–Crippen MR) is 96.0 cm³/mol. The number of rotatable bonds is 1. The Hall–Kier alpha value is -2.59. The van der Waals surface area contributed by atoms with Gasteiger partial charge in [0.1, 0.15) is 0 Å². The van der Waals surface area contributed by atoms with Gasteiger partial charge in [0, 0.05) is 23.0 Å². The quantitative estimate of drug-likeness (QED) is 0.480. The van der Waals surface area contributed by atoms with Gasteiger partial charge in [-0.2, -0.15) is 0 Å². The smallest absolute Gasteiger partial charge is 0.178 e. The Labute approximate surface area is 138 Å². The molecule has 1 aliphatic rings. The number of aromatic nitrogens is 3. The van der Waals surface area contributed by atoms with Crippen LogP contribution in [0.2, 0.25) is 0 Å². The van der Waals surface area contributed by atoms with Crippen molar-refractivity contribution >= 4 is 23.1 Å². The third-order valence-electron chi connectivity index (χ3n) is 4.68. The van der Waals surface area contributed by atoms with Crippen molar-refractivity contribution in [1.29, 1.82) is 0 Å². The molecule has 0 unspecified atom stereocenters. The molecule has 0 spiro atoms. The zero-order chi connectivity index (χ0) is 15.4. The first kappa shape index (κ1) is 12.9. The van der Waals surface area contributed by atoms with Crippen molar-refractivity contribution in [2.75, 3.05) is 0 Å². The number of nitrogens with one attached hydrogen (secondary N) is 2. The molecule has 0 saturated carbocycles. The Morgan fingerprint density at radius 2 is 1.65 bits per heavy atom. The van der Waals surface area contributed by atoms with Gasteiger partial charge in [0.05, 0.1) is 17.1 Å². The van der Waals surface area contributed by atoms with E-state index in [0.717, 1.165) is 23.4 Å². The minimum atomic E-state index is 0.795. The van der Waals surface area contributed by atoms with Crippen LogP contribution in [0.25, 0.3) is 33.5 Å². The van der Waals surface area contributed by atoms with Gasteiger partial charge >= 0.3 is 0 Å². The van der Waals surface area contributed by atoms with Gasteiger partial charge < -0.3 is 14.5 Å². The fraction of sp³-hybridized carbons (Fsp3) is 0.105. The lowest BCUT2D eigenvalue weighted by molar-refractivity contribution is 0.677. The summed E-state index contributed by atoms with van der Waals surface area (Å²) in [5.74, 6) is 0. The molecule has 0 radical (unpaired) electrons. The van der Waals surface area contributed by atoms with Crippen LogP contribution in [0.4, 0.5) is 0 Å². The fourth-order valence-corrected chi connectivity index (χ4v) is 3.93. The highest BCUT2D eigenvalue weighted by Crippen LogP contribution is 2.39. The lowest BCUT2D eigenvalue weighted by atomic mass is 10.00. The third-order valence-corrected chi connectivity index (χ3v) is 5.00. The maximum absolute atomic E-state index is 5.56. The standard InChI is InChI=1S/C19H15N3S/c23-19-21-16(12-6-2-1-3-7-12)18-17-14(10-11-22(18)19)13-8-4-5-9-15(13)20-17/h1-9,20H,10-11H2,(H,21,23). The summed E-state index contributed by atoms with van der Waals surface area (Å²) in [5.41, 5.74) is 7.23. The second-order valence-electron chi connectivity index (χ2n) is 5.95. The molecule has 0 bridgehead atoms. The van der Waals surface area contributed by atoms with E-state index in [1.807, 2.05) is 6.07 Å². The Morgan fingerprint density at radius 3 is 2.52 bits per heavy atom. The number of hydrogen-bond donors (Lipinski definition) is 2. The summed E-state index contributed by atoms with van der Waals surface area (Å²) < 4.78 is 3.01. The molecule has 5 rings (SSSR count). The van der Waals surface area contributed by atoms with Crippen molar-refractivity contribution in [1.82, 2.24) is 14.5 Å². The molecule has 3 nitrogen and oxygen atoms in total. The molecule has 0 atom stereocenters. The summed E-state index contributed by atoms with van der Waals surface area (Å²) in [7, 11) is 0. The minimum Gasteiger partial charge on any atom is -0.353 e. The van der Waals surface area contributed by atoms with Crippen molar-refractivity contribution in [3.63, 3.8) is 0 Å².